The van der Waals surface area contributed by atoms with Crippen LogP contribution in [0.2, 0.25) is 0 Å². The minimum atomic E-state index is -0.867. The van der Waals surface area contributed by atoms with Gasteiger partial charge in [0.15, 0.2) is 5.78 Å². The van der Waals surface area contributed by atoms with Crippen molar-refractivity contribution in [3.8, 4) is 0 Å². The molecule has 0 aliphatic rings. The largest absolute Gasteiger partial charge is 0.464 e. The number of aromatic nitrogens is 1. The maximum Gasteiger partial charge on any atom is 0.354 e. The molecule has 0 bridgehead atoms. The third-order valence-electron chi connectivity index (χ3n) is 5.80. The first-order valence-electron chi connectivity index (χ1n) is 10.2. The Morgan fingerprint density at radius 2 is 1.72 bits per heavy atom. The van der Waals surface area contributed by atoms with E-state index in [-0.39, 0.29) is 28.8 Å². The van der Waals surface area contributed by atoms with E-state index in [9.17, 15) is 24.5 Å². The highest BCUT2D eigenvalue weighted by Gasteiger charge is 2.34. The summed E-state index contributed by atoms with van der Waals surface area (Å²) in [6.07, 6.45) is 0. The van der Waals surface area contributed by atoms with Gasteiger partial charge in [-0.15, -0.1) is 0 Å². The van der Waals surface area contributed by atoms with Crippen molar-refractivity contribution in [1.82, 2.24) is 9.47 Å². The lowest BCUT2D eigenvalue weighted by atomic mass is 9.98. The van der Waals surface area contributed by atoms with Crippen LogP contribution >= 0.6 is 0 Å². The summed E-state index contributed by atoms with van der Waals surface area (Å²) in [6, 6.07) is 3.05. The summed E-state index contributed by atoms with van der Waals surface area (Å²) in [4.78, 5) is 51.2. The number of hydrogen-bond acceptors (Lipinski definition) is 6. The summed E-state index contributed by atoms with van der Waals surface area (Å²) in [5.74, 6) is -1.36. The molecule has 0 saturated carbocycles. The number of methoxy groups -OCH3 is 1. The molecular weight excluding hydrogens is 414 g/mol. The van der Waals surface area contributed by atoms with Crippen LogP contribution in [0.15, 0.2) is 18.2 Å². The zero-order chi connectivity index (χ0) is 24.5. The van der Waals surface area contributed by atoms with Crippen molar-refractivity contribution in [2.75, 3.05) is 7.11 Å². The molecule has 2 aromatic rings. The van der Waals surface area contributed by atoms with Crippen LogP contribution in [0.25, 0.3) is 0 Å². The lowest BCUT2D eigenvalue weighted by molar-refractivity contribution is -0.385. The standard InChI is InChI=1S/C23H29N3O6/c1-12(2)25(22(28)17-10-9-13(3)18(11-17)26(30)31)16(6)21(27)19-14(4)20(23(29)32-8)24(7)15(19)5/h9-12,16H,1-8H3. The quantitative estimate of drug-likeness (QED) is 0.279. The molecule has 32 heavy (non-hydrogen) atoms. The average Bonchev–Trinajstić information content (AvgIpc) is 2.95. The van der Waals surface area contributed by atoms with Crippen LogP contribution in [0.5, 0.6) is 0 Å². The molecule has 0 fully saturated rings. The number of benzene rings is 1. The van der Waals surface area contributed by atoms with Crippen molar-refractivity contribution in [3.63, 3.8) is 0 Å². The Kier molecular flexibility index (Phi) is 7.23. The number of aryl methyl sites for hydroxylation is 1. The van der Waals surface area contributed by atoms with E-state index in [2.05, 4.69) is 0 Å². The van der Waals surface area contributed by atoms with Crippen molar-refractivity contribution < 1.29 is 24.0 Å². The van der Waals surface area contributed by atoms with Gasteiger partial charge in [-0.2, -0.15) is 0 Å². The second-order valence-corrected chi connectivity index (χ2v) is 8.09. The number of nitro groups is 1. The molecule has 0 N–H and O–H groups in total. The summed E-state index contributed by atoms with van der Waals surface area (Å²) in [5.41, 5.74) is 2.12. The zero-order valence-electron chi connectivity index (χ0n) is 19.7. The number of ketones is 1. The van der Waals surface area contributed by atoms with E-state index < -0.39 is 22.8 Å². The van der Waals surface area contributed by atoms with Gasteiger partial charge in [-0.1, -0.05) is 6.07 Å². The number of amides is 1. The number of nitrogens with zero attached hydrogens (tertiary/aromatic N) is 3. The number of Topliss-reactive ketones (excluding diaryl/α,β-unsaturated/α-hetero) is 1. The monoisotopic (exact) mass is 443 g/mol. The Hall–Kier alpha value is -3.49. The SMILES string of the molecule is COC(=O)c1c(C)c(C(=O)C(C)N(C(=O)c2ccc(C)c([N+](=O)[O-])c2)C(C)C)c(C)n1C. The van der Waals surface area contributed by atoms with Gasteiger partial charge >= 0.3 is 5.97 Å². The first-order chi connectivity index (χ1) is 14.8. The van der Waals surface area contributed by atoms with Gasteiger partial charge in [0.25, 0.3) is 11.6 Å². The van der Waals surface area contributed by atoms with Crippen LogP contribution in [0.4, 0.5) is 5.69 Å². The fourth-order valence-corrected chi connectivity index (χ4v) is 4.01. The Bertz CT molecular complexity index is 1100. The molecule has 9 nitrogen and oxygen atoms in total. The molecule has 9 heteroatoms. The summed E-state index contributed by atoms with van der Waals surface area (Å²) < 4.78 is 6.44. The van der Waals surface area contributed by atoms with Gasteiger partial charge in [0.05, 0.1) is 18.1 Å². The molecule has 172 valence electrons. The molecule has 1 atom stereocenters. The molecule has 1 aromatic carbocycles. The fourth-order valence-electron chi connectivity index (χ4n) is 4.01. The lowest BCUT2D eigenvalue weighted by Crippen LogP contribution is -2.47. The molecule has 1 unspecified atom stereocenters. The maximum atomic E-state index is 13.5. The smallest absolute Gasteiger partial charge is 0.354 e. The van der Waals surface area contributed by atoms with Crippen LogP contribution in [0.3, 0.4) is 0 Å². The van der Waals surface area contributed by atoms with Gasteiger partial charge in [-0.25, -0.2) is 4.79 Å². The van der Waals surface area contributed by atoms with E-state index >= 15 is 0 Å². The highest BCUT2D eigenvalue weighted by Crippen LogP contribution is 2.27. The van der Waals surface area contributed by atoms with Crippen molar-refractivity contribution in [1.29, 1.82) is 0 Å². The highest BCUT2D eigenvalue weighted by atomic mass is 16.6. The van der Waals surface area contributed by atoms with E-state index in [0.717, 1.165) is 0 Å². The van der Waals surface area contributed by atoms with Gasteiger partial charge in [0, 0.05) is 41.5 Å². The number of hydrogen-bond donors (Lipinski definition) is 0. The second kappa shape index (κ2) is 9.33. The summed E-state index contributed by atoms with van der Waals surface area (Å²) in [6.45, 7) is 10.2. The maximum absolute atomic E-state index is 13.5. The van der Waals surface area contributed by atoms with Crippen molar-refractivity contribution in [2.45, 2.75) is 53.6 Å². The van der Waals surface area contributed by atoms with Gasteiger partial charge in [0.2, 0.25) is 0 Å². The molecule has 0 saturated heterocycles. The van der Waals surface area contributed by atoms with Crippen molar-refractivity contribution in [2.24, 2.45) is 7.05 Å². The summed E-state index contributed by atoms with van der Waals surface area (Å²) in [5, 5.41) is 11.3. The average molecular weight is 444 g/mol. The molecule has 0 radical (unpaired) electrons. The normalized spacial score (nSPS) is 11.9. The summed E-state index contributed by atoms with van der Waals surface area (Å²) >= 11 is 0. The topological polar surface area (TPSA) is 112 Å². The van der Waals surface area contributed by atoms with Crippen LogP contribution in [0.1, 0.15) is 68.8 Å². The van der Waals surface area contributed by atoms with E-state index in [1.807, 2.05) is 0 Å². The molecular formula is C23H29N3O6. The molecule has 0 aliphatic carbocycles. The van der Waals surface area contributed by atoms with Crippen LogP contribution in [0, 0.1) is 30.9 Å². The van der Waals surface area contributed by atoms with Crippen LogP contribution in [-0.2, 0) is 11.8 Å². The first kappa shape index (κ1) is 24.8. The Morgan fingerprint density at radius 3 is 2.22 bits per heavy atom. The molecule has 2 rings (SSSR count). The van der Waals surface area contributed by atoms with E-state index in [0.29, 0.717) is 22.4 Å². The zero-order valence-corrected chi connectivity index (χ0v) is 19.7. The van der Waals surface area contributed by atoms with Gasteiger partial charge in [0.1, 0.15) is 5.69 Å². The predicted molar refractivity (Wildman–Crippen MR) is 119 cm³/mol. The molecule has 0 spiro atoms. The minimum absolute atomic E-state index is 0.132. The minimum Gasteiger partial charge on any atom is -0.464 e. The number of carbonyl (C=O) groups is 3. The Balaban J connectivity index is 2.52. The molecule has 1 aromatic heterocycles. The van der Waals surface area contributed by atoms with E-state index in [1.165, 1.54) is 30.2 Å². The number of esters is 1. The fraction of sp³-hybridized carbons (Fsp3) is 0.435. The first-order valence-corrected chi connectivity index (χ1v) is 10.2. The van der Waals surface area contributed by atoms with Gasteiger partial charge in [-0.3, -0.25) is 19.7 Å². The molecule has 1 heterocycles. The van der Waals surface area contributed by atoms with Crippen molar-refractivity contribution >= 4 is 23.3 Å². The highest BCUT2D eigenvalue weighted by molar-refractivity contribution is 6.07. The van der Waals surface area contributed by atoms with Gasteiger partial charge < -0.3 is 14.2 Å². The Labute approximate surface area is 187 Å². The van der Waals surface area contributed by atoms with Crippen molar-refractivity contribution in [3.05, 3.63) is 62.0 Å². The third-order valence-corrected chi connectivity index (χ3v) is 5.80. The van der Waals surface area contributed by atoms with E-state index in [4.69, 9.17) is 4.74 Å². The summed E-state index contributed by atoms with van der Waals surface area (Å²) in [7, 11) is 2.95. The van der Waals surface area contributed by atoms with Crippen LogP contribution < -0.4 is 0 Å². The number of rotatable bonds is 7. The van der Waals surface area contributed by atoms with Gasteiger partial charge in [-0.05, 0) is 53.2 Å². The van der Waals surface area contributed by atoms with E-state index in [1.54, 1.807) is 53.2 Å². The third kappa shape index (κ3) is 4.28. The molecule has 1 amide bonds. The lowest BCUT2D eigenvalue weighted by Gasteiger charge is -2.32. The predicted octanol–water partition coefficient (Wildman–Crippen LogP) is 3.77. The molecule has 0 aliphatic heterocycles. The number of ether oxygens (including phenoxy) is 1. The second-order valence-electron chi connectivity index (χ2n) is 8.09. The Morgan fingerprint density at radius 1 is 1.12 bits per heavy atom. The number of carbonyl (C=O) groups excluding carboxylic acids is 3. The number of nitro benzene ring substituents is 1. The van der Waals surface area contributed by atoms with Crippen LogP contribution in [-0.4, -0.2) is 51.2 Å².